The largest absolute Gasteiger partial charge is 0.452 e. The normalized spacial score (nSPS) is 12.1. The Morgan fingerprint density at radius 1 is 1.04 bits per heavy atom. The fourth-order valence-corrected chi connectivity index (χ4v) is 3.29. The van der Waals surface area contributed by atoms with Gasteiger partial charge in [0.1, 0.15) is 11.6 Å². The fourth-order valence-electron chi connectivity index (χ4n) is 3.03. The predicted octanol–water partition coefficient (Wildman–Crippen LogP) is 4.99. The molecule has 1 unspecified atom stereocenters. The standard InChI is InChI=1S/C22H18ClN3O2/c1-15-10-12-16(13-11-15)22(27)28-21(17-6-2-3-7-18(17)23)14-26-20-9-5-4-8-19(20)24-25-26/h2-13,21H,14H2,1H3. The van der Waals surface area contributed by atoms with E-state index < -0.39 is 12.1 Å². The number of rotatable bonds is 5. The van der Waals surface area contributed by atoms with Gasteiger partial charge in [-0.2, -0.15) is 0 Å². The van der Waals surface area contributed by atoms with E-state index in [2.05, 4.69) is 10.3 Å². The van der Waals surface area contributed by atoms with Crippen LogP contribution in [0.2, 0.25) is 5.02 Å². The molecule has 5 nitrogen and oxygen atoms in total. The molecule has 0 fully saturated rings. The minimum absolute atomic E-state index is 0.307. The molecule has 4 aromatic rings. The van der Waals surface area contributed by atoms with E-state index >= 15 is 0 Å². The average molecular weight is 392 g/mol. The van der Waals surface area contributed by atoms with Crippen molar-refractivity contribution in [3.05, 3.63) is 94.5 Å². The van der Waals surface area contributed by atoms with Crippen molar-refractivity contribution in [2.24, 2.45) is 0 Å². The van der Waals surface area contributed by atoms with Crippen LogP contribution in [0.4, 0.5) is 0 Å². The van der Waals surface area contributed by atoms with Crippen LogP contribution in [0.15, 0.2) is 72.8 Å². The molecule has 0 aliphatic heterocycles. The average Bonchev–Trinajstić information content (AvgIpc) is 3.11. The Bertz CT molecular complexity index is 1120. The summed E-state index contributed by atoms with van der Waals surface area (Å²) < 4.78 is 7.58. The van der Waals surface area contributed by atoms with Gasteiger partial charge < -0.3 is 4.74 Å². The summed E-state index contributed by atoms with van der Waals surface area (Å²) in [7, 11) is 0. The summed E-state index contributed by atoms with van der Waals surface area (Å²) in [4.78, 5) is 12.7. The van der Waals surface area contributed by atoms with E-state index in [1.807, 2.05) is 61.5 Å². The Morgan fingerprint density at radius 2 is 1.75 bits per heavy atom. The molecule has 1 atom stereocenters. The van der Waals surface area contributed by atoms with Gasteiger partial charge in [-0.3, -0.25) is 0 Å². The number of halogens is 1. The second-order valence-electron chi connectivity index (χ2n) is 6.54. The lowest BCUT2D eigenvalue weighted by atomic mass is 10.1. The van der Waals surface area contributed by atoms with Crippen molar-refractivity contribution in [1.82, 2.24) is 15.0 Å². The first-order valence-electron chi connectivity index (χ1n) is 8.92. The Labute approximate surface area is 167 Å². The number of benzene rings is 3. The summed E-state index contributed by atoms with van der Waals surface area (Å²) in [5.41, 5.74) is 3.94. The molecule has 0 aliphatic rings. The summed E-state index contributed by atoms with van der Waals surface area (Å²) in [6.07, 6.45) is -0.604. The second kappa shape index (κ2) is 7.82. The maximum Gasteiger partial charge on any atom is 0.338 e. The molecule has 140 valence electrons. The van der Waals surface area contributed by atoms with Gasteiger partial charge >= 0.3 is 5.97 Å². The van der Waals surface area contributed by atoms with Crippen molar-refractivity contribution in [3.8, 4) is 0 Å². The van der Waals surface area contributed by atoms with Crippen LogP contribution in [0.3, 0.4) is 0 Å². The third-order valence-electron chi connectivity index (χ3n) is 4.55. The van der Waals surface area contributed by atoms with Gasteiger partial charge in [0.2, 0.25) is 0 Å². The van der Waals surface area contributed by atoms with E-state index in [-0.39, 0.29) is 0 Å². The molecule has 4 rings (SSSR count). The zero-order valence-corrected chi connectivity index (χ0v) is 16.0. The van der Waals surface area contributed by atoms with Crippen LogP contribution in [0, 0.1) is 6.92 Å². The third-order valence-corrected chi connectivity index (χ3v) is 4.89. The van der Waals surface area contributed by atoms with Crippen LogP contribution in [-0.4, -0.2) is 21.0 Å². The maximum absolute atomic E-state index is 12.7. The van der Waals surface area contributed by atoms with Gasteiger partial charge in [0, 0.05) is 10.6 Å². The molecule has 0 aliphatic carbocycles. The molecule has 0 radical (unpaired) electrons. The molecule has 0 N–H and O–H groups in total. The van der Waals surface area contributed by atoms with Gasteiger partial charge in [-0.1, -0.05) is 64.8 Å². The number of fused-ring (bicyclic) bond motifs is 1. The number of carbonyl (C=O) groups is 1. The van der Waals surface area contributed by atoms with Gasteiger partial charge in [-0.15, -0.1) is 5.10 Å². The molecular formula is C22H18ClN3O2. The summed E-state index contributed by atoms with van der Waals surface area (Å²) >= 11 is 6.39. The van der Waals surface area contributed by atoms with Gasteiger partial charge in [0.15, 0.2) is 0 Å². The highest BCUT2D eigenvalue weighted by Gasteiger charge is 2.22. The van der Waals surface area contributed by atoms with Crippen LogP contribution >= 0.6 is 11.6 Å². The predicted molar refractivity (Wildman–Crippen MR) is 108 cm³/mol. The van der Waals surface area contributed by atoms with E-state index in [1.54, 1.807) is 22.9 Å². The van der Waals surface area contributed by atoms with E-state index in [4.69, 9.17) is 16.3 Å². The first kappa shape index (κ1) is 18.2. The van der Waals surface area contributed by atoms with Crippen LogP contribution in [0.25, 0.3) is 11.0 Å². The smallest absolute Gasteiger partial charge is 0.338 e. The first-order chi connectivity index (χ1) is 13.6. The highest BCUT2D eigenvalue weighted by atomic mass is 35.5. The minimum Gasteiger partial charge on any atom is -0.452 e. The zero-order valence-electron chi connectivity index (χ0n) is 15.2. The molecule has 6 heteroatoms. The van der Waals surface area contributed by atoms with Crippen molar-refractivity contribution in [2.75, 3.05) is 0 Å². The zero-order chi connectivity index (χ0) is 19.5. The SMILES string of the molecule is Cc1ccc(C(=O)OC(Cn2nnc3ccccc32)c2ccccc2Cl)cc1. The monoisotopic (exact) mass is 391 g/mol. The molecule has 0 amide bonds. The number of nitrogens with zero attached hydrogens (tertiary/aromatic N) is 3. The Morgan fingerprint density at radius 3 is 2.54 bits per heavy atom. The number of hydrogen-bond donors (Lipinski definition) is 0. The molecule has 0 spiro atoms. The number of esters is 1. The Balaban J connectivity index is 1.67. The van der Waals surface area contributed by atoms with Crippen LogP contribution < -0.4 is 0 Å². The summed E-state index contributed by atoms with van der Waals surface area (Å²) in [6, 6.07) is 22.3. The van der Waals surface area contributed by atoms with E-state index in [0.717, 1.165) is 22.2 Å². The van der Waals surface area contributed by atoms with Gasteiger partial charge in [0.25, 0.3) is 0 Å². The quantitative estimate of drug-likeness (QED) is 0.449. The third kappa shape index (κ3) is 3.75. The molecule has 0 saturated heterocycles. The van der Waals surface area contributed by atoms with Crippen molar-refractivity contribution < 1.29 is 9.53 Å². The molecule has 0 bridgehead atoms. The van der Waals surface area contributed by atoms with Crippen LogP contribution in [0.5, 0.6) is 0 Å². The summed E-state index contributed by atoms with van der Waals surface area (Å²) in [5.74, 6) is -0.408. The summed E-state index contributed by atoms with van der Waals surface area (Å²) in [6.45, 7) is 2.28. The number of ether oxygens (including phenoxy) is 1. The molecular weight excluding hydrogens is 374 g/mol. The highest BCUT2D eigenvalue weighted by Crippen LogP contribution is 2.28. The van der Waals surface area contributed by atoms with Crippen molar-refractivity contribution in [3.63, 3.8) is 0 Å². The summed E-state index contributed by atoms with van der Waals surface area (Å²) in [5, 5.41) is 8.92. The van der Waals surface area contributed by atoms with Gasteiger partial charge in [-0.05, 0) is 37.3 Å². The van der Waals surface area contributed by atoms with E-state index in [9.17, 15) is 4.79 Å². The van der Waals surface area contributed by atoms with E-state index in [1.165, 1.54) is 0 Å². The lowest BCUT2D eigenvalue weighted by Crippen LogP contribution is -2.18. The topological polar surface area (TPSA) is 57.0 Å². The molecule has 1 heterocycles. The second-order valence-corrected chi connectivity index (χ2v) is 6.95. The Kier molecular flexibility index (Phi) is 5.08. The minimum atomic E-state index is -0.604. The lowest BCUT2D eigenvalue weighted by molar-refractivity contribution is 0.0249. The van der Waals surface area contributed by atoms with Crippen LogP contribution in [-0.2, 0) is 11.3 Å². The fraction of sp³-hybridized carbons (Fsp3) is 0.136. The first-order valence-corrected chi connectivity index (χ1v) is 9.30. The highest BCUT2D eigenvalue weighted by molar-refractivity contribution is 6.31. The van der Waals surface area contributed by atoms with E-state index in [0.29, 0.717) is 17.1 Å². The number of aromatic nitrogens is 3. The van der Waals surface area contributed by atoms with Crippen molar-refractivity contribution in [2.45, 2.75) is 19.6 Å². The number of para-hydroxylation sites is 1. The molecule has 28 heavy (non-hydrogen) atoms. The molecule has 0 saturated carbocycles. The van der Waals surface area contributed by atoms with Crippen molar-refractivity contribution in [1.29, 1.82) is 0 Å². The maximum atomic E-state index is 12.7. The van der Waals surface area contributed by atoms with Gasteiger partial charge in [-0.25, -0.2) is 9.48 Å². The number of hydrogen-bond acceptors (Lipinski definition) is 4. The molecule has 1 aromatic heterocycles. The Hall–Kier alpha value is -3.18. The molecule has 3 aromatic carbocycles. The number of carbonyl (C=O) groups excluding carboxylic acids is 1. The lowest BCUT2D eigenvalue weighted by Gasteiger charge is -2.20. The van der Waals surface area contributed by atoms with Crippen molar-refractivity contribution >= 4 is 28.6 Å². The van der Waals surface area contributed by atoms with Crippen LogP contribution in [0.1, 0.15) is 27.6 Å². The van der Waals surface area contributed by atoms with Gasteiger partial charge in [0.05, 0.1) is 17.6 Å². The number of aryl methyl sites for hydroxylation is 1.